The lowest BCUT2D eigenvalue weighted by Gasteiger charge is -2.13. The summed E-state index contributed by atoms with van der Waals surface area (Å²) < 4.78 is 0. The van der Waals surface area contributed by atoms with Gasteiger partial charge in [-0.05, 0) is 54.5 Å². The van der Waals surface area contributed by atoms with E-state index in [2.05, 4.69) is 10.3 Å². The lowest BCUT2D eigenvalue weighted by atomic mass is 10.1. The number of carbonyl (C=O) groups is 1. The van der Waals surface area contributed by atoms with E-state index < -0.39 is 0 Å². The monoisotopic (exact) mass is 338 g/mol. The Morgan fingerprint density at radius 1 is 1.12 bits per heavy atom. The number of phenolic OH excluding ortho intramolecular Hbond substituents is 1. The first kappa shape index (κ1) is 16.3. The van der Waals surface area contributed by atoms with E-state index in [0.29, 0.717) is 5.56 Å². The molecule has 0 radical (unpaired) electrons. The molecule has 1 aliphatic heterocycles. The van der Waals surface area contributed by atoms with Gasteiger partial charge in [0.2, 0.25) is 0 Å². The highest BCUT2D eigenvalue weighted by molar-refractivity contribution is 8.14. The molecule has 122 valence electrons. The maximum absolute atomic E-state index is 12.2. The van der Waals surface area contributed by atoms with Crippen LogP contribution in [-0.4, -0.2) is 28.4 Å². The van der Waals surface area contributed by atoms with Gasteiger partial charge in [-0.1, -0.05) is 30.0 Å². The number of thioether (sulfide) groups is 1. The van der Waals surface area contributed by atoms with Crippen molar-refractivity contribution in [3.8, 4) is 5.75 Å². The van der Waals surface area contributed by atoms with Crippen LogP contribution in [0.1, 0.15) is 22.3 Å². The van der Waals surface area contributed by atoms with Crippen LogP contribution < -0.4 is 5.32 Å². The van der Waals surface area contributed by atoms with Crippen LogP contribution in [0.15, 0.2) is 59.6 Å². The van der Waals surface area contributed by atoms with Crippen LogP contribution in [0.2, 0.25) is 0 Å². The largest absolute Gasteiger partial charge is 0.508 e. The zero-order valence-corrected chi connectivity index (χ0v) is 13.9. The Labute approximate surface area is 145 Å². The number of amidine groups is 1. The van der Waals surface area contributed by atoms with Gasteiger partial charge in [0.1, 0.15) is 5.75 Å². The normalized spacial score (nSPS) is 14.4. The van der Waals surface area contributed by atoms with Gasteiger partial charge in [-0.3, -0.25) is 9.79 Å². The number of anilines is 1. The molecule has 1 heterocycles. The molecule has 2 aromatic carbocycles. The number of carbonyl (C=O) groups excluding carboxylic acids is 1. The maximum Gasteiger partial charge on any atom is 0.185 e. The van der Waals surface area contributed by atoms with Crippen molar-refractivity contribution in [1.29, 1.82) is 0 Å². The van der Waals surface area contributed by atoms with Crippen molar-refractivity contribution < 1.29 is 9.90 Å². The zero-order chi connectivity index (χ0) is 16.8. The van der Waals surface area contributed by atoms with Crippen LogP contribution >= 0.6 is 11.8 Å². The van der Waals surface area contributed by atoms with Gasteiger partial charge in [-0.2, -0.15) is 0 Å². The Kier molecular flexibility index (Phi) is 5.33. The van der Waals surface area contributed by atoms with Crippen molar-refractivity contribution in [1.82, 2.24) is 0 Å². The van der Waals surface area contributed by atoms with Crippen LogP contribution in [0.25, 0.3) is 6.08 Å². The minimum atomic E-state index is -0.0565. The number of aromatic hydroxyl groups is 1. The molecule has 2 N–H and O–H groups in total. The predicted molar refractivity (Wildman–Crippen MR) is 101 cm³/mol. The highest BCUT2D eigenvalue weighted by Crippen LogP contribution is 2.17. The van der Waals surface area contributed by atoms with Crippen LogP contribution in [-0.2, 0) is 0 Å². The molecular weight excluding hydrogens is 320 g/mol. The number of nitrogens with zero attached hydrogens (tertiary/aromatic N) is 1. The predicted octanol–water partition coefficient (Wildman–Crippen LogP) is 4.19. The number of hydrogen-bond acceptors (Lipinski definition) is 5. The van der Waals surface area contributed by atoms with Crippen molar-refractivity contribution in [3.63, 3.8) is 0 Å². The summed E-state index contributed by atoms with van der Waals surface area (Å²) in [6.45, 7) is 0.869. The first-order chi connectivity index (χ1) is 11.7. The summed E-state index contributed by atoms with van der Waals surface area (Å²) in [5, 5.41) is 13.5. The molecule has 0 saturated heterocycles. The molecule has 0 atom stereocenters. The van der Waals surface area contributed by atoms with Crippen molar-refractivity contribution in [3.05, 3.63) is 65.7 Å². The minimum Gasteiger partial charge on any atom is -0.508 e. The molecule has 4 nitrogen and oxygen atoms in total. The van der Waals surface area contributed by atoms with Crippen molar-refractivity contribution >= 4 is 34.5 Å². The summed E-state index contributed by atoms with van der Waals surface area (Å²) in [6, 6.07) is 14.1. The smallest absolute Gasteiger partial charge is 0.185 e. The first-order valence-electron chi connectivity index (χ1n) is 7.76. The van der Waals surface area contributed by atoms with Crippen LogP contribution in [0.3, 0.4) is 0 Å². The summed E-state index contributed by atoms with van der Waals surface area (Å²) in [5.74, 6) is 1.24. The Bertz CT molecular complexity index is 765. The van der Waals surface area contributed by atoms with E-state index in [0.717, 1.165) is 35.1 Å². The van der Waals surface area contributed by atoms with E-state index in [-0.39, 0.29) is 11.5 Å². The van der Waals surface area contributed by atoms with E-state index in [4.69, 9.17) is 0 Å². The summed E-state index contributed by atoms with van der Waals surface area (Å²) in [6.07, 6.45) is 4.40. The van der Waals surface area contributed by atoms with Crippen LogP contribution in [0, 0.1) is 0 Å². The third-order valence-corrected chi connectivity index (χ3v) is 4.53. The van der Waals surface area contributed by atoms with E-state index in [1.54, 1.807) is 54.2 Å². The standard InChI is InChI=1S/C19H18N2O2S/c22-17-9-2-14(3-10-17)4-11-18(23)15-5-7-16(8-6-15)21-19-20-12-1-13-24-19/h2-11,22H,1,12-13H2,(H,20,21)/b11-4+. The third-order valence-electron chi connectivity index (χ3n) is 3.54. The van der Waals surface area contributed by atoms with E-state index in [9.17, 15) is 9.90 Å². The quantitative estimate of drug-likeness (QED) is 0.648. The Morgan fingerprint density at radius 2 is 1.88 bits per heavy atom. The second-order valence-corrected chi connectivity index (χ2v) is 6.46. The molecule has 0 aliphatic carbocycles. The summed E-state index contributed by atoms with van der Waals surface area (Å²) >= 11 is 1.72. The number of hydrogen-bond donors (Lipinski definition) is 2. The third kappa shape index (κ3) is 4.49. The number of phenols is 1. The molecule has 0 fully saturated rings. The highest BCUT2D eigenvalue weighted by atomic mass is 32.2. The van der Waals surface area contributed by atoms with Gasteiger partial charge in [0.25, 0.3) is 0 Å². The van der Waals surface area contributed by atoms with Gasteiger partial charge in [0.15, 0.2) is 11.0 Å². The van der Waals surface area contributed by atoms with Gasteiger partial charge in [-0.25, -0.2) is 0 Å². The number of allylic oxidation sites excluding steroid dienone is 1. The maximum atomic E-state index is 12.2. The van der Waals surface area contributed by atoms with Crippen molar-refractivity contribution in [2.45, 2.75) is 6.42 Å². The fourth-order valence-corrected chi connectivity index (χ4v) is 3.07. The summed E-state index contributed by atoms with van der Waals surface area (Å²) in [7, 11) is 0. The molecule has 0 saturated carbocycles. The van der Waals surface area contributed by atoms with Crippen LogP contribution in [0.5, 0.6) is 5.75 Å². The minimum absolute atomic E-state index is 0.0565. The Morgan fingerprint density at radius 3 is 2.54 bits per heavy atom. The van der Waals surface area contributed by atoms with E-state index >= 15 is 0 Å². The van der Waals surface area contributed by atoms with Gasteiger partial charge in [-0.15, -0.1) is 0 Å². The number of aliphatic imine (C=N–C) groups is 1. The Balaban J connectivity index is 1.63. The van der Waals surface area contributed by atoms with Gasteiger partial charge in [0, 0.05) is 23.5 Å². The van der Waals surface area contributed by atoms with E-state index in [1.165, 1.54) is 6.08 Å². The van der Waals surface area contributed by atoms with Gasteiger partial charge >= 0.3 is 0 Å². The van der Waals surface area contributed by atoms with Gasteiger partial charge in [0.05, 0.1) is 0 Å². The molecular formula is C19H18N2O2S. The molecule has 0 spiro atoms. The molecule has 0 unspecified atom stereocenters. The van der Waals surface area contributed by atoms with Gasteiger partial charge < -0.3 is 10.4 Å². The number of benzene rings is 2. The molecule has 2 aromatic rings. The lowest BCUT2D eigenvalue weighted by molar-refractivity contribution is 0.104. The highest BCUT2D eigenvalue weighted by Gasteiger charge is 2.07. The SMILES string of the molecule is O=C(/C=C/c1ccc(O)cc1)c1ccc(NC2=NCCCS2)cc1. The number of ketones is 1. The van der Waals surface area contributed by atoms with Crippen molar-refractivity contribution in [2.75, 3.05) is 17.6 Å². The fourth-order valence-electron chi connectivity index (χ4n) is 2.23. The molecule has 0 bridgehead atoms. The summed E-state index contributed by atoms with van der Waals surface area (Å²) in [5.41, 5.74) is 2.43. The second-order valence-electron chi connectivity index (χ2n) is 5.38. The molecule has 24 heavy (non-hydrogen) atoms. The molecule has 0 amide bonds. The first-order valence-corrected chi connectivity index (χ1v) is 8.75. The Hall–Kier alpha value is -2.53. The molecule has 5 heteroatoms. The zero-order valence-electron chi connectivity index (χ0n) is 13.1. The fraction of sp³-hybridized carbons (Fsp3) is 0.158. The molecule has 3 rings (SSSR count). The molecule has 1 aliphatic rings. The lowest BCUT2D eigenvalue weighted by Crippen LogP contribution is -2.13. The molecule has 0 aromatic heterocycles. The van der Waals surface area contributed by atoms with E-state index in [1.807, 2.05) is 12.1 Å². The number of nitrogens with one attached hydrogen (secondary N) is 1. The van der Waals surface area contributed by atoms with Crippen LogP contribution in [0.4, 0.5) is 5.69 Å². The number of rotatable bonds is 4. The van der Waals surface area contributed by atoms with Crippen molar-refractivity contribution in [2.24, 2.45) is 4.99 Å². The topological polar surface area (TPSA) is 61.7 Å². The second kappa shape index (κ2) is 7.84. The summed E-state index contributed by atoms with van der Waals surface area (Å²) in [4.78, 5) is 16.6. The average molecular weight is 338 g/mol. The average Bonchev–Trinajstić information content (AvgIpc) is 2.62.